The molecule has 1 fully saturated rings. The van der Waals surface area contributed by atoms with Gasteiger partial charge >= 0.3 is 12.4 Å². The molecule has 0 unspecified atom stereocenters. The molecule has 2 aromatic rings. The third-order valence-electron chi connectivity index (χ3n) is 4.68. The highest BCUT2D eigenvalue weighted by atomic mass is 19.4. The summed E-state index contributed by atoms with van der Waals surface area (Å²) < 4.78 is 78.2. The van der Waals surface area contributed by atoms with Crippen molar-refractivity contribution < 1.29 is 31.1 Å². The summed E-state index contributed by atoms with van der Waals surface area (Å²) in [5.74, 6) is 0.360. The SMILES string of the molecule is Cc1cc(N2CCN(C(=O)c3cc(C(F)(F)F)cc(C(F)(F)F)c3)CC2)nc(C)n1. The lowest BCUT2D eigenvalue weighted by molar-refractivity contribution is -0.143. The van der Waals surface area contributed by atoms with Gasteiger partial charge in [0.1, 0.15) is 11.6 Å². The zero-order valence-corrected chi connectivity index (χ0v) is 16.1. The number of hydrogen-bond donors (Lipinski definition) is 0. The van der Waals surface area contributed by atoms with Crippen molar-refractivity contribution >= 4 is 11.7 Å². The normalized spacial score (nSPS) is 15.5. The zero-order valence-electron chi connectivity index (χ0n) is 16.1. The van der Waals surface area contributed by atoms with Crippen LogP contribution in [0.15, 0.2) is 24.3 Å². The van der Waals surface area contributed by atoms with Crippen LogP contribution in [0.1, 0.15) is 33.0 Å². The smallest absolute Gasteiger partial charge is 0.353 e. The Hall–Kier alpha value is -2.85. The first-order valence-corrected chi connectivity index (χ1v) is 9.00. The summed E-state index contributed by atoms with van der Waals surface area (Å²) in [4.78, 5) is 24.3. The van der Waals surface area contributed by atoms with E-state index in [1.54, 1.807) is 13.0 Å². The summed E-state index contributed by atoms with van der Waals surface area (Å²) in [5, 5.41) is 0. The van der Waals surface area contributed by atoms with Gasteiger partial charge in [0.25, 0.3) is 5.91 Å². The molecule has 0 aliphatic carbocycles. The van der Waals surface area contributed by atoms with Crippen molar-refractivity contribution in [3.05, 3.63) is 52.5 Å². The van der Waals surface area contributed by atoms with Gasteiger partial charge in [-0.1, -0.05) is 0 Å². The van der Waals surface area contributed by atoms with E-state index in [2.05, 4.69) is 9.97 Å². The van der Waals surface area contributed by atoms with Crippen molar-refractivity contribution in [3.63, 3.8) is 0 Å². The lowest BCUT2D eigenvalue weighted by atomic mass is 10.0. The maximum atomic E-state index is 13.0. The van der Waals surface area contributed by atoms with Gasteiger partial charge in [0.2, 0.25) is 0 Å². The number of hydrogen-bond acceptors (Lipinski definition) is 4. The Morgan fingerprint density at radius 1 is 0.833 bits per heavy atom. The van der Waals surface area contributed by atoms with Crippen molar-refractivity contribution in [1.82, 2.24) is 14.9 Å². The van der Waals surface area contributed by atoms with Gasteiger partial charge in [-0.05, 0) is 32.0 Å². The van der Waals surface area contributed by atoms with Crippen LogP contribution in [-0.4, -0.2) is 47.0 Å². The molecule has 1 aromatic heterocycles. The summed E-state index contributed by atoms with van der Waals surface area (Å²) in [6, 6.07) is 2.70. The topological polar surface area (TPSA) is 49.3 Å². The van der Waals surface area contributed by atoms with Crippen LogP contribution < -0.4 is 4.90 Å². The molecule has 2 heterocycles. The highest BCUT2D eigenvalue weighted by Gasteiger charge is 2.38. The van der Waals surface area contributed by atoms with Gasteiger partial charge in [0, 0.05) is 43.5 Å². The molecule has 0 N–H and O–H groups in total. The van der Waals surface area contributed by atoms with Crippen molar-refractivity contribution in [2.24, 2.45) is 0 Å². The van der Waals surface area contributed by atoms with E-state index in [0.29, 0.717) is 36.9 Å². The van der Waals surface area contributed by atoms with Crippen LogP contribution >= 0.6 is 0 Å². The molecule has 0 saturated carbocycles. The van der Waals surface area contributed by atoms with Crippen molar-refractivity contribution in [3.8, 4) is 0 Å². The quantitative estimate of drug-likeness (QED) is 0.671. The van der Waals surface area contributed by atoms with E-state index >= 15 is 0 Å². The molecule has 30 heavy (non-hydrogen) atoms. The number of alkyl halides is 6. The molecule has 0 radical (unpaired) electrons. The van der Waals surface area contributed by atoms with Crippen molar-refractivity contribution in [2.75, 3.05) is 31.1 Å². The first-order chi connectivity index (χ1) is 13.8. The number of nitrogens with zero attached hydrogens (tertiary/aromatic N) is 4. The Kier molecular flexibility index (Phi) is 5.66. The van der Waals surface area contributed by atoms with Gasteiger partial charge in [0.15, 0.2) is 0 Å². The molecule has 1 amide bonds. The molecular weight excluding hydrogens is 414 g/mol. The third kappa shape index (κ3) is 4.82. The van der Waals surface area contributed by atoms with Crippen LogP contribution in [0.25, 0.3) is 0 Å². The average molecular weight is 432 g/mol. The van der Waals surface area contributed by atoms with E-state index in [4.69, 9.17) is 0 Å². The predicted molar refractivity (Wildman–Crippen MR) is 96.1 cm³/mol. The number of rotatable bonds is 2. The van der Waals surface area contributed by atoms with E-state index in [1.165, 1.54) is 4.90 Å². The van der Waals surface area contributed by atoms with Crippen molar-refractivity contribution in [2.45, 2.75) is 26.2 Å². The van der Waals surface area contributed by atoms with Gasteiger partial charge in [-0.15, -0.1) is 0 Å². The number of aromatic nitrogens is 2. The minimum Gasteiger partial charge on any atom is -0.353 e. The number of amides is 1. The molecule has 0 spiro atoms. The molecule has 162 valence electrons. The number of halogens is 6. The second kappa shape index (κ2) is 7.77. The van der Waals surface area contributed by atoms with E-state index in [9.17, 15) is 31.1 Å². The van der Waals surface area contributed by atoms with Gasteiger partial charge in [0.05, 0.1) is 11.1 Å². The summed E-state index contributed by atoms with van der Waals surface area (Å²) in [7, 11) is 0. The number of benzene rings is 1. The lowest BCUT2D eigenvalue weighted by Crippen LogP contribution is -2.49. The average Bonchev–Trinajstić information content (AvgIpc) is 2.65. The van der Waals surface area contributed by atoms with E-state index < -0.39 is 35.0 Å². The second-order valence-electron chi connectivity index (χ2n) is 6.99. The summed E-state index contributed by atoms with van der Waals surface area (Å²) in [6.07, 6.45) is -10.0. The molecule has 1 saturated heterocycles. The van der Waals surface area contributed by atoms with Crippen LogP contribution in [0.4, 0.5) is 32.2 Å². The Labute approximate surface area is 168 Å². The monoisotopic (exact) mass is 432 g/mol. The fourth-order valence-corrected chi connectivity index (χ4v) is 3.26. The van der Waals surface area contributed by atoms with Crippen LogP contribution in [-0.2, 0) is 12.4 Å². The lowest BCUT2D eigenvalue weighted by Gasteiger charge is -2.35. The van der Waals surface area contributed by atoms with Gasteiger partial charge < -0.3 is 9.80 Å². The Morgan fingerprint density at radius 2 is 1.37 bits per heavy atom. The van der Waals surface area contributed by atoms with Crippen LogP contribution in [0.2, 0.25) is 0 Å². The van der Waals surface area contributed by atoms with E-state index in [0.717, 1.165) is 5.69 Å². The molecule has 1 aliphatic heterocycles. The molecule has 1 aliphatic rings. The molecule has 3 rings (SSSR count). The molecule has 0 atom stereocenters. The Morgan fingerprint density at radius 3 is 1.83 bits per heavy atom. The molecule has 0 bridgehead atoms. The summed E-state index contributed by atoms with van der Waals surface area (Å²) >= 11 is 0. The fourth-order valence-electron chi connectivity index (χ4n) is 3.26. The van der Waals surface area contributed by atoms with E-state index in [1.807, 2.05) is 11.8 Å². The maximum Gasteiger partial charge on any atom is 0.416 e. The number of carbonyl (C=O) groups is 1. The third-order valence-corrected chi connectivity index (χ3v) is 4.68. The van der Waals surface area contributed by atoms with Gasteiger partial charge in [-0.25, -0.2) is 9.97 Å². The maximum absolute atomic E-state index is 13.0. The molecule has 5 nitrogen and oxygen atoms in total. The van der Waals surface area contributed by atoms with Crippen LogP contribution in [0.5, 0.6) is 0 Å². The summed E-state index contributed by atoms with van der Waals surface area (Å²) in [5.41, 5.74) is -2.89. The number of anilines is 1. The first kappa shape index (κ1) is 21.8. The standard InChI is InChI=1S/C19H18F6N4O/c1-11-7-16(27-12(2)26-11)28-3-5-29(6-4-28)17(30)13-8-14(18(20,21)22)10-15(9-13)19(23,24)25/h7-10H,3-6H2,1-2H3. The largest absolute Gasteiger partial charge is 0.416 e. The fraction of sp³-hybridized carbons (Fsp3) is 0.421. The predicted octanol–water partition coefficient (Wildman–Crippen LogP) is 4.09. The zero-order chi connectivity index (χ0) is 22.3. The minimum absolute atomic E-state index is 0.00843. The number of aryl methyl sites for hydroxylation is 2. The number of carbonyl (C=O) groups excluding carboxylic acids is 1. The summed E-state index contributed by atoms with van der Waals surface area (Å²) in [6.45, 7) is 4.50. The number of piperazine rings is 1. The Bertz CT molecular complexity index is 897. The minimum atomic E-state index is -5.00. The Balaban J connectivity index is 1.80. The highest BCUT2D eigenvalue weighted by Crippen LogP contribution is 2.36. The highest BCUT2D eigenvalue weighted by molar-refractivity contribution is 5.95. The van der Waals surface area contributed by atoms with E-state index in [-0.39, 0.29) is 19.2 Å². The molecule has 11 heteroatoms. The molecule has 1 aromatic carbocycles. The first-order valence-electron chi connectivity index (χ1n) is 9.00. The van der Waals surface area contributed by atoms with Crippen LogP contribution in [0.3, 0.4) is 0 Å². The van der Waals surface area contributed by atoms with Gasteiger partial charge in [-0.3, -0.25) is 4.79 Å². The van der Waals surface area contributed by atoms with Crippen LogP contribution in [0, 0.1) is 13.8 Å². The molecular formula is C19H18F6N4O. The second-order valence-corrected chi connectivity index (χ2v) is 6.99. The van der Waals surface area contributed by atoms with Crippen molar-refractivity contribution in [1.29, 1.82) is 0 Å². The van der Waals surface area contributed by atoms with Gasteiger partial charge in [-0.2, -0.15) is 26.3 Å².